The third kappa shape index (κ3) is 9.49. The zero-order chi connectivity index (χ0) is 24.4. The summed E-state index contributed by atoms with van der Waals surface area (Å²) in [5, 5.41) is 10.6. The number of nitrogens with two attached hydrogens (primary N) is 1. The maximum absolute atomic E-state index is 11.8. The van der Waals surface area contributed by atoms with Crippen LogP contribution in [0.25, 0.3) is 0 Å². The maximum Gasteiger partial charge on any atom is 0.323 e. The molecule has 0 aliphatic rings. The number of non-ortho nitro benzene ring substituents is 1. The molecule has 3 aromatic rings. The Hall–Kier alpha value is -3.60. The SMILES string of the molecule is C.Cc1ccc(S(=O)(=O)O)cc1.N[C@@H](Cc1ccc([N+](=O)[O-])cc1)C(=O)OCc1ccccc1. The first-order chi connectivity index (χ1) is 15.6. The summed E-state index contributed by atoms with van der Waals surface area (Å²) >= 11 is 0. The molecule has 3 aromatic carbocycles. The lowest BCUT2D eigenvalue weighted by Gasteiger charge is -2.11. The van der Waals surface area contributed by atoms with Gasteiger partial charge in [0.1, 0.15) is 12.6 Å². The highest BCUT2D eigenvalue weighted by atomic mass is 32.2. The number of rotatable bonds is 7. The molecule has 0 saturated carbocycles. The number of carbonyl (C=O) groups is 1. The summed E-state index contributed by atoms with van der Waals surface area (Å²) in [6, 6.07) is 20.4. The molecule has 3 N–H and O–H groups in total. The molecule has 0 radical (unpaired) electrons. The van der Waals surface area contributed by atoms with Gasteiger partial charge < -0.3 is 10.5 Å². The van der Waals surface area contributed by atoms with Gasteiger partial charge in [-0.15, -0.1) is 0 Å². The van der Waals surface area contributed by atoms with Crippen molar-refractivity contribution in [1.82, 2.24) is 0 Å². The first-order valence-electron chi connectivity index (χ1n) is 9.80. The third-order valence-electron chi connectivity index (χ3n) is 4.45. The fourth-order valence-corrected chi connectivity index (χ4v) is 3.12. The van der Waals surface area contributed by atoms with Crippen LogP contribution < -0.4 is 5.73 Å². The number of carbonyl (C=O) groups excluding carboxylic acids is 1. The summed E-state index contributed by atoms with van der Waals surface area (Å²) in [6.45, 7) is 2.02. The molecule has 0 amide bonds. The number of ether oxygens (including phenoxy) is 1. The molecular formula is C24H28N2O7S. The number of nitro benzene ring substituents is 1. The fourth-order valence-electron chi connectivity index (χ4n) is 2.64. The first kappa shape index (κ1) is 28.4. The molecule has 9 nitrogen and oxygen atoms in total. The van der Waals surface area contributed by atoms with Crippen molar-refractivity contribution in [2.75, 3.05) is 0 Å². The number of benzene rings is 3. The second-order valence-corrected chi connectivity index (χ2v) is 8.54. The summed E-state index contributed by atoms with van der Waals surface area (Å²) in [7, 11) is -4.02. The Kier molecular flexibility index (Phi) is 11.0. The lowest BCUT2D eigenvalue weighted by atomic mass is 10.1. The Morgan fingerprint density at radius 2 is 1.56 bits per heavy atom. The van der Waals surface area contributed by atoms with Gasteiger partial charge in [-0.25, -0.2) is 0 Å². The number of hydrogen-bond acceptors (Lipinski definition) is 7. The van der Waals surface area contributed by atoms with E-state index >= 15 is 0 Å². The van der Waals surface area contributed by atoms with E-state index in [1.807, 2.05) is 37.3 Å². The quantitative estimate of drug-likeness (QED) is 0.218. The van der Waals surface area contributed by atoms with Crippen LogP contribution in [-0.4, -0.2) is 29.9 Å². The number of aryl methyl sites for hydroxylation is 1. The summed E-state index contributed by atoms with van der Waals surface area (Å²) in [5.74, 6) is -0.498. The molecule has 3 rings (SSSR count). The molecule has 34 heavy (non-hydrogen) atoms. The Bertz CT molecular complexity index is 1160. The average molecular weight is 489 g/mol. The van der Waals surface area contributed by atoms with E-state index in [-0.39, 0.29) is 31.0 Å². The number of hydrogen-bond donors (Lipinski definition) is 2. The molecule has 0 heterocycles. The van der Waals surface area contributed by atoms with Gasteiger partial charge in [0.15, 0.2) is 0 Å². The fraction of sp³-hybridized carbons (Fsp3) is 0.208. The summed E-state index contributed by atoms with van der Waals surface area (Å²) in [4.78, 5) is 21.9. The predicted molar refractivity (Wildman–Crippen MR) is 129 cm³/mol. The highest BCUT2D eigenvalue weighted by Gasteiger charge is 2.16. The second kappa shape index (κ2) is 13.2. The summed E-state index contributed by atoms with van der Waals surface area (Å²) in [5.41, 5.74) is 8.39. The average Bonchev–Trinajstić information content (AvgIpc) is 2.78. The van der Waals surface area contributed by atoms with Crippen molar-refractivity contribution < 1.29 is 27.4 Å². The van der Waals surface area contributed by atoms with E-state index in [1.54, 1.807) is 24.3 Å². The van der Waals surface area contributed by atoms with E-state index in [1.165, 1.54) is 24.3 Å². The number of esters is 1. The van der Waals surface area contributed by atoms with Gasteiger partial charge in [0.25, 0.3) is 15.8 Å². The molecule has 0 spiro atoms. The minimum atomic E-state index is -4.02. The molecule has 0 fully saturated rings. The van der Waals surface area contributed by atoms with Crippen molar-refractivity contribution in [3.05, 3.63) is 106 Å². The van der Waals surface area contributed by atoms with Crippen LogP contribution in [0.1, 0.15) is 24.1 Å². The minimum absolute atomic E-state index is 0. The number of nitro groups is 1. The van der Waals surface area contributed by atoms with E-state index in [4.69, 9.17) is 15.0 Å². The van der Waals surface area contributed by atoms with Gasteiger partial charge in [-0.1, -0.05) is 67.6 Å². The van der Waals surface area contributed by atoms with Crippen LogP contribution in [-0.2, 0) is 32.7 Å². The van der Waals surface area contributed by atoms with Gasteiger partial charge in [0.05, 0.1) is 9.82 Å². The first-order valence-corrected chi connectivity index (χ1v) is 11.2. The van der Waals surface area contributed by atoms with Crippen LogP contribution in [0.3, 0.4) is 0 Å². The zero-order valence-electron chi connectivity index (χ0n) is 17.8. The third-order valence-corrected chi connectivity index (χ3v) is 5.32. The van der Waals surface area contributed by atoms with Crippen molar-refractivity contribution in [3.63, 3.8) is 0 Å². The maximum atomic E-state index is 11.8. The molecule has 0 unspecified atom stereocenters. The zero-order valence-corrected chi connectivity index (χ0v) is 18.6. The Balaban J connectivity index is 0.000000407. The van der Waals surface area contributed by atoms with Gasteiger partial charge >= 0.3 is 5.97 Å². The van der Waals surface area contributed by atoms with Crippen LogP contribution in [0.2, 0.25) is 0 Å². The van der Waals surface area contributed by atoms with Crippen molar-refractivity contribution >= 4 is 21.8 Å². The second-order valence-electron chi connectivity index (χ2n) is 7.12. The Morgan fingerprint density at radius 1 is 1.00 bits per heavy atom. The van der Waals surface area contributed by atoms with Crippen LogP contribution in [0.5, 0.6) is 0 Å². The van der Waals surface area contributed by atoms with Crippen LogP contribution in [0.15, 0.2) is 83.8 Å². The predicted octanol–water partition coefficient (Wildman–Crippen LogP) is 4.09. The lowest BCUT2D eigenvalue weighted by molar-refractivity contribution is -0.384. The van der Waals surface area contributed by atoms with Crippen molar-refractivity contribution in [2.24, 2.45) is 5.73 Å². The Labute approximate surface area is 199 Å². The van der Waals surface area contributed by atoms with Gasteiger partial charge in [-0.3, -0.25) is 19.5 Å². The largest absolute Gasteiger partial charge is 0.460 e. The minimum Gasteiger partial charge on any atom is -0.460 e. The van der Waals surface area contributed by atoms with E-state index in [9.17, 15) is 23.3 Å². The molecule has 0 bridgehead atoms. The van der Waals surface area contributed by atoms with E-state index in [2.05, 4.69) is 0 Å². The van der Waals surface area contributed by atoms with Crippen molar-refractivity contribution in [3.8, 4) is 0 Å². The van der Waals surface area contributed by atoms with Gasteiger partial charge in [0.2, 0.25) is 0 Å². The topological polar surface area (TPSA) is 150 Å². The standard InChI is InChI=1S/C16H16N2O4.C7H8O3S.CH4/c17-15(10-12-6-8-14(9-7-12)18(20)21)16(19)22-11-13-4-2-1-3-5-13;1-6-2-4-7(5-3-6)11(8,9)10;/h1-9,15H,10-11,17H2;2-5H,1H3,(H,8,9,10);1H4/t15-;;/m0../s1. The molecule has 10 heteroatoms. The van der Waals surface area contributed by atoms with Gasteiger partial charge in [-0.05, 0) is 36.6 Å². The highest BCUT2D eigenvalue weighted by molar-refractivity contribution is 7.85. The van der Waals surface area contributed by atoms with Crippen molar-refractivity contribution in [2.45, 2.75) is 38.3 Å². The Morgan fingerprint density at radius 3 is 2.06 bits per heavy atom. The number of nitrogens with zero attached hydrogens (tertiary/aromatic N) is 1. The van der Waals surface area contributed by atoms with Crippen LogP contribution >= 0.6 is 0 Å². The van der Waals surface area contributed by atoms with Gasteiger partial charge in [0, 0.05) is 12.1 Å². The van der Waals surface area contributed by atoms with Gasteiger partial charge in [-0.2, -0.15) is 8.42 Å². The molecule has 0 aliphatic heterocycles. The van der Waals surface area contributed by atoms with E-state index < -0.39 is 27.1 Å². The molecule has 1 atom stereocenters. The molecule has 0 saturated heterocycles. The van der Waals surface area contributed by atoms with Crippen LogP contribution in [0.4, 0.5) is 5.69 Å². The normalized spacial score (nSPS) is 11.3. The molecular weight excluding hydrogens is 460 g/mol. The molecule has 0 aliphatic carbocycles. The molecule has 182 valence electrons. The van der Waals surface area contributed by atoms with E-state index in [0.29, 0.717) is 0 Å². The van der Waals surface area contributed by atoms with Crippen LogP contribution in [0, 0.1) is 17.0 Å². The summed E-state index contributed by atoms with van der Waals surface area (Å²) < 4.78 is 34.7. The smallest absolute Gasteiger partial charge is 0.323 e. The summed E-state index contributed by atoms with van der Waals surface area (Å²) in [6.07, 6.45) is 0.269. The van der Waals surface area contributed by atoms with Crippen molar-refractivity contribution in [1.29, 1.82) is 0 Å². The lowest BCUT2D eigenvalue weighted by Crippen LogP contribution is -2.34. The van der Waals surface area contributed by atoms with E-state index in [0.717, 1.165) is 16.7 Å². The molecule has 0 aromatic heterocycles. The highest BCUT2D eigenvalue weighted by Crippen LogP contribution is 2.13. The monoisotopic (exact) mass is 488 g/mol.